The number of fused-ring (bicyclic) bond motifs is 1. The van der Waals surface area contributed by atoms with Crippen molar-refractivity contribution in [1.29, 1.82) is 0 Å². The van der Waals surface area contributed by atoms with Gasteiger partial charge < -0.3 is 14.2 Å². The zero-order valence-electron chi connectivity index (χ0n) is 18.7. The number of carbonyl (C=O) groups excluding carboxylic acids is 1. The van der Waals surface area contributed by atoms with Gasteiger partial charge in [-0.15, -0.1) is 0 Å². The predicted octanol–water partition coefficient (Wildman–Crippen LogP) is 5.25. The molecule has 0 saturated heterocycles. The van der Waals surface area contributed by atoms with Crippen LogP contribution in [0.25, 0.3) is 10.9 Å². The highest BCUT2D eigenvalue weighted by Gasteiger charge is 2.11. The molecule has 4 rings (SSSR count). The van der Waals surface area contributed by atoms with Crippen molar-refractivity contribution in [2.45, 2.75) is 6.61 Å². The van der Waals surface area contributed by atoms with Gasteiger partial charge in [-0.2, -0.15) is 5.10 Å². The SMILES string of the molecule is COc1cc(/C=N/NC(=O)COc2cccc3cccnc23)c(Br)cc1OCc1cccc(F)c1. The fourth-order valence-corrected chi connectivity index (χ4v) is 3.68. The zero-order chi connectivity index (χ0) is 24.6. The number of aromatic nitrogens is 1. The first-order valence-corrected chi connectivity index (χ1v) is 11.4. The number of carbonyl (C=O) groups is 1. The molecule has 0 saturated carbocycles. The summed E-state index contributed by atoms with van der Waals surface area (Å²) in [4.78, 5) is 16.5. The number of amides is 1. The van der Waals surface area contributed by atoms with E-state index in [4.69, 9.17) is 14.2 Å². The highest BCUT2D eigenvalue weighted by atomic mass is 79.9. The number of pyridine rings is 1. The summed E-state index contributed by atoms with van der Waals surface area (Å²) < 4.78 is 30.9. The summed E-state index contributed by atoms with van der Waals surface area (Å²) in [5.41, 5.74) is 4.46. The Morgan fingerprint density at radius 3 is 2.71 bits per heavy atom. The second kappa shape index (κ2) is 11.4. The Labute approximate surface area is 209 Å². The Kier molecular flexibility index (Phi) is 7.89. The average Bonchev–Trinajstić information content (AvgIpc) is 2.87. The molecule has 1 aromatic heterocycles. The van der Waals surface area contributed by atoms with E-state index >= 15 is 0 Å². The second-order valence-corrected chi connectivity index (χ2v) is 8.21. The van der Waals surface area contributed by atoms with Crippen molar-refractivity contribution in [1.82, 2.24) is 10.4 Å². The summed E-state index contributed by atoms with van der Waals surface area (Å²) in [6.07, 6.45) is 3.14. The summed E-state index contributed by atoms with van der Waals surface area (Å²) in [6.45, 7) is -0.0410. The summed E-state index contributed by atoms with van der Waals surface area (Å²) in [5.74, 6) is 0.703. The van der Waals surface area contributed by atoms with Gasteiger partial charge in [-0.05, 0) is 57.9 Å². The molecule has 0 aliphatic rings. The van der Waals surface area contributed by atoms with Crippen molar-refractivity contribution in [2.24, 2.45) is 5.10 Å². The van der Waals surface area contributed by atoms with E-state index in [9.17, 15) is 9.18 Å². The van der Waals surface area contributed by atoms with Crippen molar-refractivity contribution in [3.8, 4) is 17.2 Å². The number of hydrazone groups is 1. The minimum Gasteiger partial charge on any atom is -0.493 e. The smallest absolute Gasteiger partial charge is 0.277 e. The standard InChI is InChI=1S/C26H21BrFN3O4/c1-33-23-12-19(21(27)13-24(23)34-15-17-5-2-8-20(28)11-17)14-30-31-25(32)16-35-22-9-3-6-18-7-4-10-29-26(18)22/h2-14H,15-16H2,1H3,(H,31,32)/b30-14+. The maximum Gasteiger partial charge on any atom is 0.277 e. The molecule has 35 heavy (non-hydrogen) atoms. The lowest BCUT2D eigenvalue weighted by Gasteiger charge is -2.13. The minimum atomic E-state index is -0.424. The summed E-state index contributed by atoms with van der Waals surface area (Å²) in [7, 11) is 1.51. The van der Waals surface area contributed by atoms with E-state index in [1.807, 2.05) is 24.3 Å². The molecule has 1 amide bonds. The number of methoxy groups -OCH3 is 1. The summed E-state index contributed by atoms with van der Waals surface area (Å²) in [5, 5.41) is 4.92. The highest BCUT2D eigenvalue weighted by Crippen LogP contribution is 2.33. The molecule has 0 spiro atoms. The fraction of sp³-hybridized carbons (Fsp3) is 0.115. The molecule has 9 heteroatoms. The van der Waals surface area contributed by atoms with Gasteiger partial charge in [0.15, 0.2) is 18.1 Å². The van der Waals surface area contributed by atoms with Crippen LogP contribution in [0.3, 0.4) is 0 Å². The Morgan fingerprint density at radius 2 is 1.89 bits per heavy atom. The first-order chi connectivity index (χ1) is 17.0. The topological polar surface area (TPSA) is 82.0 Å². The molecule has 0 aliphatic carbocycles. The number of halogens is 2. The highest BCUT2D eigenvalue weighted by molar-refractivity contribution is 9.10. The predicted molar refractivity (Wildman–Crippen MR) is 134 cm³/mol. The van der Waals surface area contributed by atoms with Gasteiger partial charge in [-0.3, -0.25) is 9.78 Å². The minimum absolute atomic E-state index is 0.177. The molecular formula is C26H21BrFN3O4. The van der Waals surface area contributed by atoms with Gasteiger partial charge in [0.25, 0.3) is 5.91 Å². The molecule has 4 aromatic rings. The molecule has 3 aromatic carbocycles. The van der Waals surface area contributed by atoms with Crippen LogP contribution in [0.15, 0.2) is 82.5 Å². The lowest BCUT2D eigenvalue weighted by molar-refractivity contribution is -0.123. The number of nitrogens with one attached hydrogen (secondary N) is 1. The maximum absolute atomic E-state index is 13.4. The van der Waals surface area contributed by atoms with Crippen molar-refractivity contribution in [3.63, 3.8) is 0 Å². The van der Waals surface area contributed by atoms with Crippen LogP contribution in [0.5, 0.6) is 17.2 Å². The quantitative estimate of drug-likeness (QED) is 0.233. The molecule has 7 nitrogen and oxygen atoms in total. The van der Waals surface area contributed by atoms with Crippen LogP contribution in [0.2, 0.25) is 0 Å². The molecule has 0 unspecified atom stereocenters. The molecule has 178 valence electrons. The Morgan fingerprint density at radius 1 is 1.06 bits per heavy atom. The van der Waals surface area contributed by atoms with E-state index < -0.39 is 5.91 Å². The normalized spacial score (nSPS) is 10.9. The number of hydrogen-bond acceptors (Lipinski definition) is 6. The van der Waals surface area contributed by atoms with Gasteiger partial charge in [0, 0.05) is 21.6 Å². The Balaban J connectivity index is 1.36. The van der Waals surface area contributed by atoms with Crippen LogP contribution in [0.4, 0.5) is 4.39 Å². The number of nitrogens with zero attached hydrogens (tertiary/aromatic N) is 2. The maximum atomic E-state index is 13.4. The van der Waals surface area contributed by atoms with E-state index in [-0.39, 0.29) is 19.0 Å². The van der Waals surface area contributed by atoms with Crippen molar-refractivity contribution in [3.05, 3.63) is 94.3 Å². The zero-order valence-corrected chi connectivity index (χ0v) is 20.3. The fourth-order valence-electron chi connectivity index (χ4n) is 3.25. The molecule has 0 radical (unpaired) electrons. The molecule has 0 bridgehead atoms. The van der Waals surface area contributed by atoms with Gasteiger partial charge in [0.1, 0.15) is 23.7 Å². The number of rotatable bonds is 9. The number of hydrogen-bond donors (Lipinski definition) is 1. The van der Waals surface area contributed by atoms with E-state index in [0.717, 1.165) is 5.39 Å². The molecule has 1 N–H and O–H groups in total. The van der Waals surface area contributed by atoms with Crippen molar-refractivity contribution >= 4 is 39.0 Å². The van der Waals surface area contributed by atoms with E-state index in [1.165, 1.54) is 25.5 Å². The Bertz CT molecular complexity index is 1370. The van der Waals surface area contributed by atoms with Crippen LogP contribution in [0, 0.1) is 5.82 Å². The van der Waals surface area contributed by atoms with Crippen molar-refractivity contribution < 1.29 is 23.4 Å². The van der Waals surface area contributed by atoms with Crippen LogP contribution in [-0.4, -0.2) is 30.8 Å². The summed E-state index contributed by atoms with van der Waals surface area (Å²) >= 11 is 3.47. The Hall–Kier alpha value is -3.98. The van der Waals surface area contributed by atoms with E-state index in [0.29, 0.717) is 38.4 Å². The third-order valence-electron chi connectivity index (χ3n) is 4.91. The van der Waals surface area contributed by atoms with Gasteiger partial charge in [-0.25, -0.2) is 9.82 Å². The van der Waals surface area contributed by atoms with Crippen molar-refractivity contribution in [2.75, 3.05) is 13.7 Å². The van der Waals surface area contributed by atoms with Gasteiger partial charge >= 0.3 is 0 Å². The van der Waals surface area contributed by atoms with Gasteiger partial charge in [0.05, 0.1) is 13.3 Å². The van der Waals surface area contributed by atoms with Gasteiger partial charge in [0.2, 0.25) is 0 Å². The molecule has 0 atom stereocenters. The van der Waals surface area contributed by atoms with E-state index in [2.05, 4.69) is 31.4 Å². The lowest BCUT2D eigenvalue weighted by atomic mass is 10.2. The third-order valence-corrected chi connectivity index (χ3v) is 5.60. The van der Waals surface area contributed by atoms with E-state index in [1.54, 1.807) is 36.5 Å². The van der Waals surface area contributed by atoms with Crippen LogP contribution in [-0.2, 0) is 11.4 Å². The number of ether oxygens (including phenoxy) is 3. The molecule has 0 fully saturated rings. The molecular weight excluding hydrogens is 517 g/mol. The first kappa shape index (κ1) is 24.2. The molecule has 0 aliphatic heterocycles. The average molecular weight is 538 g/mol. The van der Waals surface area contributed by atoms with Crippen LogP contribution in [0.1, 0.15) is 11.1 Å². The number of benzene rings is 3. The summed E-state index contributed by atoms with van der Waals surface area (Å²) in [6, 6.07) is 18.9. The number of para-hydroxylation sites is 1. The third kappa shape index (κ3) is 6.33. The second-order valence-electron chi connectivity index (χ2n) is 7.36. The van der Waals surface area contributed by atoms with Crippen LogP contribution >= 0.6 is 15.9 Å². The first-order valence-electron chi connectivity index (χ1n) is 10.6. The molecule has 1 heterocycles. The van der Waals surface area contributed by atoms with Gasteiger partial charge in [-0.1, -0.05) is 30.3 Å². The van der Waals surface area contributed by atoms with Crippen LogP contribution < -0.4 is 19.6 Å². The monoisotopic (exact) mass is 537 g/mol. The largest absolute Gasteiger partial charge is 0.493 e. The lowest BCUT2D eigenvalue weighted by Crippen LogP contribution is -2.24.